The first kappa shape index (κ1) is 64.3. The summed E-state index contributed by atoms with van der Waals surface area (Å²) in [6.45, 7) is 14.4. The molecule has 346 valence electrons. The molecule has 63 heavy (non-hydrogen) atoms. The van der Waals surface area contributed by atoms with E-state index < -0.39 is 0 Å². The molecule has 13 nitrogen and oxygen atoms in total. The number of halogens is 2. The molecule has 8 rings (SSSR count). The van der Waals surface area contributed by atoms with Crippen molar-refractivity contribution < 1.29 is 110 Å². The fourth-order valence-corrected chi connectivity index (χ4v) is 6.03. The SMILES string of the molecule is C.C.C.C.CCCCn1cc[n+](Cc2ccc(C[n+]3ccn(CCCC)c3)[nH]2)c1.CCc1ccc(CC)[nH]1.[H-].[I-].[I-].[K+].c1c[nH]cn1.c1cn(Cc2ccc(Cn3ccnc3)[nH]2)cn1. The molecule has 0 fully saturated rings. The van der Waals surface area contributed by atoms with Gasteiger partial charge < -0.3 is 78.5 Å². The van der Waals surface area contributed by atoms with Gasteiger partial charge >= 0.3 is 51.4 Å². The van der Waals surface area contributed by atoms with E-state index in [-0.39, 0.29) is 130 Å². The van der Waals surface area contributed by atoms with Crippen LogP contribution in [0.15, 0.2) is 130 Å². The van der Waals surface area contributed by atoms with Crippen LogP contribution in [0.5, 0.6) is 0 Å². The van der Waals surface area contributed by atoms with Gasteiger partial charge in [-0.25, -0.2) is 33.2 Å². The van der Waals surface area contributed by atoms with E-state index in [2.05, 4.69) is 155 Å². The van der Waals surface area contributed by atoms with Crippen molar-refractivity contribution in [3.8, 4) is 0 Å². The molecule has 0 bridgehead atoms. The van der Waals surface area contributed by atoms with E-state index in [0.29, 0.717) is 0 Å². The topological polar surface area (TPSA) is 129 Å². The maximum absolute atomic E-state index is 4.02. The molecule has 0 amide bonds. The second-order valence-electron chi connectivity index (χ2n) is 13.8. The summed E-state index contributed by atoms with van der Waals surface area (Å²) >= 11 is 0. The molecule has 0 aliphatic rings. The van der Waals surface area contributed by atoms with Gasteiger partial charge in [0.15, 0.2) is 0 Å². The van der Waals surface area contributed by atoms with Gasteiger partial charge in [-0.15, -0.1) is 0 Å². The summed E-state index contributed by atoms with van der Waals surface area (Å²) in [5.74, 6) is 0. The molecule has 4 N–H and O–H groups in total. The Morgan fingerprint density at radius 3 is 1.27 bits per heavy atom. The van der Waals surface area contributed by atoms with Gasteiger partial charge in [0.25, 0.3) is 0 Å². The molecule has 0 unspecified atom stereocenters. The van der Waals surface area contributed by atoms with Gasteiger partial charge in [0.1, 0.15) is 37.9 Å². The van der Waals surface area contributed by atoms with Crippen molar-refractivity contribution in [2.24, 2.45) is 0 Å². The second kappa shape index (κ2) is 37.2. The maximum Gasteiger partial charge on any atom is 1.00 e. The summed E-state index contributed by atoms with van der Waals surface area (Å²) < 4.78 is 13.1. The molecule has 0 aliphatic heterocycles. The van der Waals surface area contributed by atoms with Crippen LogP contribution in [-0.2, 0) is 52.1 Å². The van der Waals surface area contributed by atoms with Crippen LogP contribution < -0.4 is 108 Å². The zero-order chi connectivity index (χ0) is 39.2. The largest absolute Gasteiger partial charge is 1.00 e. The smallest absolute Gasteiger partial charge is 1.00 e. The van der Waals surface area contributed by atoms with Gasteiger partial charge in [-0.2, -0.15) is 0 Å². The fourth-order valence-electron chi connectivity index (χ4n) is 6.03. The summed E-state index contributed by atoms with van der Waals surface area (Å²) in [5.41, 5.74) is 7.54. The molecular formula is C47H78I2KN13. The number of nitrogens with zero attached hydrogens (tertiary/aromatic N) is 9. The zero-order valence-corrected chi connectivity index (χ0v) is 42.8. The van der Waals surface area contributed by atoms with Crippen LogP contribution in [0, 0.1) is 0 Å². The van der Waals surface area contributed by atoms with Crippen LogP contribution in [0.3, 0.4) is 0 Å². The minimum atomic E-state index is 0. The summed E-state index contributed by atoms with van der Waals surface area (Å²) in [5, 5.41) is 0. The number of aromatic amines is 4. The van der Waals surface area contributed by atoms with Crippen LogP contribution in [0.1, 0.15) is 119 Å². The Morgan fingerprint density at radius 2 is 0.937 bits per heavy atom. The number of aryl methyl sites for hydroxylation is 4. The second-order valence-corrected chi connectivity index (χ2v) is 13.8. The molecular weight excluding hydrogens is 1040 g/mol. The molecule has 16 heteroatoms. The fraction of sp³-hybridized carbons (Fsp3) is 0.426. The van der Waals surface area contributed by atoms with E-state index in [1.54, 1.807) is 31.1 Å². The van der Waals surface area contributed by atoms with E-state index in [0.717, 1.165) is 52.1 Å². The van der Waals surface area contributed by atoms with Gasteiger partial charge in [-0.05, 0) is 62.1 Å². The van der Waals surface area contributed by atoms with Crippen molar-refractivity contribution in [2.45, 2.75) is 135 Å². The Hall–Kier alpha value is -3.01. The first-order valence-electron chi connectivity index (χ1n) is 20.0. The zero-order valence-electron chi connectivity index (χ0n) is 36.4. The normalized spacial score (nSPS) is 9.46. The molecule has 0 saturated heterocycles. The van der Waals surface area contributed by atoms with Gasteiger partial charge in [0, 0.05) is 60.0 Å². The van der Waals surface area contributed by atoms with Crippen LogP contribution in [0.25, 0.3) is 0 Å². The molecule has 0 aromatic carbocycles. The minimum Gasteiger partial charge on any atom is -1.00 e. The minimum absolute atomic E-state index is 0. The van der Waals surface area contributed by atoms with Crippen LogP contribution in [0.4, 0.5) is 0 Å². The Bertz CT molecular complexity index is 2000. The number of rotatable bonds is 16. The number of H-pyrrole nitrogens is 4. The maximum atomic E-state index is 4.02. The first-order valence-corrected chi connectivity index (χ1v) is 20.0. The Balaban J connectivity index is -0.000000403. The van der Waals surface area contributed by atoms with E-state index in [9.17, 15) is 0 Å². The standard InChI is InChI=1S/C20H31N5.C12H13N5.C8H13N.C3H4N2.4CH4.2HI.K.H/c1-3-5-9-22-11-13-24(17-22)15-19-7-8-20(21-19)16-25-14-12-23(18-25)10-6-4-2;1-2-12(8-17-6-4-14-10-17)15-11(1)7-16-5-3-13-9-16;1-3-7-5-6-8(4-2)9-7;1-2-5-3-4-1;;;;;;;;/h7-8,11-14,17-18,21H,3-6,9-10,15-16H2,1-2H3;1-6,9-10,15H,7-8H2;5-6,9H,3-4H2,1-2H3;1-3H,(H,4,5);4*1H4;2*1H;;/q+2;;;;;;;;;;+1;-1/p-2. The van der Waals surface area contributed by atoms with E-state index in [1.807, 2.05) is 34.2 Å². The van der Waals surface area contributed by atoms with E-state index >= 15 is 0 Å². The van der Waals surface area contributed by atoms with Gasteiger partial charge in [0.05, 0.1) is 56.5 Å². The average molecular weight is 1120 g/mol. The van der Waals surface area contributed by atoms with Crippen molar-refractivity contribution >= 4 is 0 Å². The molecule has 0 radical (unpaired) electrons. The van der Waals surface area contributed by atoms with Gasteiger partial charge in [-0.3, -0.25) is 0 Å². The van der Waals surface area contributed by atoms with Crippen LogP contribution in [0.2, 0.25) is 0 Å². The van der Waals surface area contributed by atoms with E-state index in [4.69, 9.17) is 0 Å². The number of nitrogens with one attached hydrogen (secondary N) is 4. The van der Waals surface area contributed by atoms with Crippen molar-refractivity contribution in [3.63, 3.8) is 0 Å². The molecule has 8 heterocycles. The monoisotopic (exact) mass is 1120 g/mol. The number of hydrogen-bond acceptors (Lipinski definition) is 3. The van der Waals surface area contributed by atoms with E-state index in [1.165, 1.54) is 59.8 Å². The average Bonchev–Trinajstić information content (AvgIpc) is 4.06. The summed E-state index contributed by atoms with van der Waals surface area (Å²) in [6, 6.07) is 12.9. The van der Waals surface area contributed by atoms with Crippen molar-refractivity contribution in [1.29, 1.82) is 0 Å². The molecule has 0 spiro atoms. The predicted molar refractivity (Wildman–Crippen MR) is 248 cm³/mol. The number of hydrogen-bond donors (Lipinski definition) is 4. The quantitative estimate of drug-likeness (QED) is 0.0644. The Labute approximate surface area is 457 Å². The third-order valence-electron chi connectivity index (χ3n) is 9.15. The predicted octanol–water partition coefficient (Wildman–Crippen LogP) is 0.612. The van der Waals surface area contributed by atoms with Gasteiger partial charge in [-0.1, -0.05) is 70.2 Å². The van der Waals surface area contributed by atoms with Crippen LogP contribution >= 0.6 is 0 Å². The molecule has 8 aromatic heterocycles. The Morgan fingerprint density at radius 1 is 0.524 bits per heavy atom. The van der Waals surface area contributed by atoms with Crippen molar-refractivity contribution in [2.75, 3.05) is 0 Å². The molecule has 0 atom stereocenters. The molecule has 8 aromatic rings. The number of imidazole rings is 5. The third-order valence-corrected chi connectivity index (χ3v) is 9.15. The van der Waals surface area contributed by atoms with Crippen molar-refractivity contribution in [3.05, 3.63) is 164 Å². The molecule has 0 aliphatic carbocycles. The van der Waals surface area contributed by atoms with Crippen LogP contribution in [-0.4, -0.2) is 53.2 Å². The summed E-state index contributed by atoms with van der Waals surface area (Å²) in [6.07, 6.45) is 36.4. The Kier molecular flexibility index (Phi) is 38.0. The first-order chi connectivity index (χ1) is 27.5. The third kappa shape index (κ3) is 24.2. The number of unbranched alkanes of at least 4 members (excludes halogenated alkanes) is 2. The molecule has 0 saturated carbocycles. The van der Waals surface area contributed by atoms with Gasteiger partial charge in [0.2, 0.25) is 12.7 Å². The summed E-state index contributed by atoms with van der Waals surface area (Å²) in [4.78, 5) is 24.7. The summed E-state index contributed by atoms with van der Waals surface area (Å²) in [7, 11) is 0. The number of aromatic nitrogens is 13. The van der Waals surface area contributed by atoms with Crippen molar-refractivity contribution in [1.82, 2.24) is 53.2 Å².